The quantitative estimate of drug-likeness (QED) is 0.158. The summed E-state index contributed by atoms with van der Waals surface area (Å²) in [5.74, 6) is 0. The molecular formula is C142H96N4S4. The Kier molecular flexibility index (Phi) is 19.0. The molecule has 0 N–H and O–H groups in total. The van der Waals surface area contributed by atoms with Crippen LogP contribution in [0.15, 0.2) is 473 Å². The Morgan fingerprint density at radius 3 is 1.03 bits per heavy atom. The molecule has 0 saturated heterocycles. The van der Waals surface area contributed by atoms with Crippen molar-refractivity contribution < 1.29 is 0 Å². The lowest BCUT2D eigenvalue weighted by Crippen LogP contribution is -2.28. The van der Waals surface area contributed by atoms with Gasteiger partial charge in [0.05, 0.1) is 54.2 Å². The highest BCUT2D eigenvalue weighted by atomic mass is 32.1. The molecule has 22 aromatic carbocycles. The van der Waals surface area contributed by atoms with Crippen LogP contribution in [-0.2, 0) is 21.7 Å². The normalized spacial score (nSPS) is 14.0. The molecular weight excluding hydrogens is 1890 g/mol. The molecule has 0 bridgehead atoms. The van der Waals surface area contributed by atoms with E-state index in [0.29, 0.717) is 0 Å². The molecule has 0 fully saturated rings. The summed E-state index contributed by atoms with van der Waals surface area (Å²) in [5.41, 5.74) is 34.2. The number of benzene rings is 22. The monoisotopic (exact) mass is 1980 g/mol. The van der Waals surface area contributed by atoms with Gasteiger partial charge in [-0.25, -0.2) is 0 Å². The minimum atomic E-state index is -0.417. The van der Waals surface area contributed by atoms with Crippen molar-refractivity contribution in [2.24, 2.45) is 0 Å². The predicted molar refractivity (Wildman–Crippen MR) is 645 cm³/mol. The third-order valence-corrected chi connectivity index (χ3v) is 38.6. The predicted octanol–water partition coefficient (Wildman–Crippen LogP) is 39.9. The largest absolute Gasteiger partial charge is 0.309 e. The van der Waals surface area contributed by atoms with Crippen LogP contribution in [0.2, 0.25) is 0 Å². The summed E-state index contributed by atoms with van der Waals surface area (Å²) in [6.07, 6.45) is 0. The summed E-state index contributed by atoms with van der Waals surface area (Å²) in [5, 5.41) is 26.2. The molecule has 0 radical (unpaired) electrons. The second-order valence-corrected chi connectivity index (χ2v) is 46.9. The fourth-order valence-corrected chi connectivity index (χ4v) is 32.8. The standard InChI is InChI=1S/C43H27NS.3C33H23NS/c1-3-15-30(16-4-1)43(31-17-5-2-6-18-31)37-21-11-9-20-35(37)41-39(43)36-26-25-34-33-19-10-12-22-38(33)44(40(34)42(36)45-41)32-24-23-28-13-7-8-14-29(28)27-32;1-33(2)27-18-25-23-11-5-7-13-28(23)34(22-16-15-20-9-3-4-10-21(20)17-22)29(25)19-26(27)32-31(33)24-12-6-8-14-30(24)35-32;1-33(2)27-19-29-25(18-26(27)32-31(33)24-12-6-8-14-30(24)35-32)23-11-5-7-13-28(23)34(29)22-16-15-20-9-3-4-10-21(20)17-22;1-33(2)26-13-7-5-11-23(26)32-30(33)25-17-18-28-29(31(25)35-32)24-12-6-8-14-27(24)34(28)22-16-15-20-9-3-4-10-21(20)19-22/h1-27H;3*3-19H,1-2H3. The van der Waals surface area contributed by atoms with Gasteiger partial charge in [-0.2, -0.15) is 0 Å². The van der Waals surface area contributed by atoms with Gasteiger partial charge in [0.2, 0.25) is 0 Å². The second kappa shape index (κ2) is 32.7. The molecule has 0 spiro atoms. The van der Waals surface area contributed by atoms with E-state index in [9.17, 15) is 0 Å². The van der Waals surface area contributed by atoms with Gasteiger partial charge in [-0.1, -0.05) is 399 Å². The Hall–Kier alpha value is -17.1. The van der Waals surface area contributed by atoms with E-state index in [1.54, 1.807) is 0 Å². The molecule has 4 nitrogen and oxygen atoms in total. The van der Waals surface area contributed by atoms with Crippen LogP contribution in [0.1, 0.15) is 97.2 Å². The molecule has 4 aliphatic rings. The summed E-state index contributed by atoms with van der Waals surface area (Å²) in [4.78, 5) is 5.69. The Morgan fingerprint density at radius 2 is 0.513 bits per heavy atom. The molecule has 0 amide bonds. The number of para-hydroxylation sites is 4. The van der Waals surface area contributed by atoms with Crippen LogP contribution in [-0.4, -0.2) is 18.3 Å². The zero-order valence-corrected chi connectivity index (χ0v) is 86.7. The molecule has 4 aliphatic carbocycles. The van der Waals surface area contributed by atoms with Crippen molar-refractivity contribution in [2.45, 2.75) is 63.2 Å². The smallest absolute Gasteiger partial charge is 0.0728 e. The number of hydrogen-bond acceptors (Lipinski definition) is 4. The summed E-state index contributed by atoms with van der Waals surface area (Å²) in [6, 6.07) is 175. The summed E-state index contributed by atoms with van der Waals surface area (Å²) < 4.78 is 15.4. The van der Waals surface area contributed by atoms with Crippen molar-refractivity contribution in [3.8, 4) is 64.5 Å². The molecule has 8 aromatic heterocycles. The molecule has 0 saturated carbocycles. The van der Waals surface area contributed by atoms with Crippen molar-refractivity contribution >= 4 is 216 Å². The average Bonchev–Trinajstić information content (AvgIpc) is 1.50. The highest BCUT2D eigenvalue weighted by Gasteiger charge is 2.50. The number of fused-ring (bicyclic) bond motifs is 38. The summed E-state index contributed by atoms with van der Waals surface area (Å²) >= 11 is 7.81. The van der Waals surface area contributed by atoms with Gasteiger partial charge in [0.1, 0.15) is 0 Å². The van der Waals surface area contributed by atoms with Crippen LogP contribution in [0.3, 0.4) is 0 Å². The molecule has 8 heterocycles. The van der Waals surface area contributed by atoms with E-state index in [4.69, 9.17) is 0 Å². The van der Waals surface area contributed by atoms with E-state index in [2.05, 4.69) is 533 Å². The Labute approximate surface area is 883 Å². The third kappa shape index (κ3) is 12.5. The van der Waals surface area contributed by atoms with Gasteiger partial charge >= 0.3 is 0 Å². The van der Waals surface area contributed by atoms with E-state index in [-0.39, 0.29) is 16.2 Å². The van der Waals surface area contributed by atoms with Crippen LogP contribution >= 0.6 is 45.3 Å². The van der Waals surface area contributed by atoms with Crippen molar-refractivity contribution in [2.75, 3.05) is 0 Å². The number of rotatable bonds is 6. The SMILES string of the molecule is CC1(C)c2cc3c(cc2-c2sc4ccccc4c21)c1ccccc1n3-c1ccc2ccccc2c1.CC1(C)c2cc3c4ccccc4n(-c4ccc5ccccc5c4)c3cc2-c2sc3ccccc3c21.CC1(C)c2ccccc2-c2sc3c(ccc4c3c3ccccc3n4-c3ccc4ccccc4c3)c21.c1ccc(C2(c3ccccc3)c3ccccc3-c3sc4c(ccc5c6ccccc6n(-c6ccc7ccccc7c6)c54)c32)cc1. The zero-order valence-electron chi connectivity index (χ0n) is 83.5. The fraction of sp³-hybridized carbons (Fsp3) is 0.0704. The lowest BCUT2D eigenvalue weighted by atomic mass is 9.67. The van der Waals surface area contributed by atoms with Crippen LogP contribution < -0.4 is 0 Å². The first kappa shape index (κ1) is 87.1. The van der Waals surface area contributed by atoms with E-state index in [0.717, 1.165) is 0 Å². The lowest BCUT2D eigenvalue weighted by Gasteiger charge is -2.33. The molecule has 30 aromatic rings. The minimum Gasteiger partial charge on any atom is -0.309 e. The zero-order chi connectivity index (χ0) is 99.5. The molecule has 34 rings (SSSR count). The number of hydrogen-bond donors (Lipinski definition) is 0. The Bertz CT molecular complexity index is 11000. The van der Waals surface area contributed by atoms with E-state index in [1.165, 1.54) is 291 Å². The van der Waals surface area contributed by atoms with Gasteiger partial charge < -0.3 is 18.3 Å². The third-order valence-electron chi connectivity index (χ3n) is 33.7. The minimum absolute atomic E-state index is 0.00850. The Morgan fingerprint density at radius 1 is 0.180 bits per heavy atom. The first-order chi connectivity index (χ1) is 73.7. The molecule has 708 valence electrons. The fourth-order valence-electron chi connectivity index (χ4n) is 27.0. The van der Waals surface area contributed by atoms with Crippen LogP contribution in [0, 0.1) is 0 Å². The van der Waals surface area contributed by atoms with Gasteiger partial charge in [-0.3, -0.25) is 0 Å². The maximum absolute atomic E-state index is 2.50. The molecule has 0 atom stereocenters. The van der Waals surface area contributed by atoms with Gasteiger partial charge in [-0.05, 0) is 252 Å². The second-order valence-electron chi connectivity index (χ2n) is 42.7. The first-order valence-electron chi connectivity index (χ1n) is 52.1. The van der Waals surface area contributed by atoms with Gasteiger partial charge in [-0.15, -0.1) is 45.3 Å². The number of aromatic nitrogens is 4. The average molecular weight is 1990 g/mol. The van der Waals surface area contributed by atoms with E-state index >= 15 is 0 Å². The highest BCUT2D eigenvalue weighted by molar-refractivity contribution is 7.24. The van der Waals surface area contributed by atoms with Gasteiger partial charge in [0.15, 0.2) is 0 Å². The van der Waals surface area contributed by atoms with Crippen molar-refractivity contribution in [3.63, 3.8) is 0 Å². The van der Waals surface area contributed by atoms with Crippen LogP contribution in [0.5, 0.6) is 0 Å². The highest BCUT2D eigenvalue weighted by Crippen LogP contribution is 2.65. The molecule has 150 heavy (non-hydrogen) atoms. The van der Waals surface area contributed by atoms with Crippen LogP contribution in [0.25, 0.3) is 235 Å². The van der Waals surface area contributed by atoms with Gasteiger partial charge in [0, 0.05) is 121 Å². The van der Waals surface area contributed by atoms with Crippen molar-refractivity contribution in [1.82, 2.24) is 18.3 Å². The molecule has 8 heteroatoms. The maximum Gasteiger partial charge on any atom is 0.0728 e. The first-order valence-corrected chi connectivity index (χ1v) is 55.4. The summed E-state index contributed by atoms with van der Waals surface area (Å²) in [6.45, 7) is 14.3. The van der Waals surface area contributed by atoms with E-state index in [1.807, 2.05) is 45.3 Å². The maximum atomic E-state index is 2.50. The molecule has 0 unspecified atom stereocenters. The van der Waals surface area contributed by atoms with E-state index < -0.39 is 5.41 Å². The topological polar surface area (TPSA) is 19.7 Å². The Balaban J connectivity index is 0.0000000906. The van der Waals surface area contributed by atoms with Gasteiger partial charge in [0.25, 0.3) is 0 Å². The molecule has 0 aliphatic heterocycles. The van der Waals surface area contributed by atoms with Crippen molar-refractivity contribution in [3.05, 3.63) is 529 Å². The number of nitrogens with zero attached hydrogens (tertiary/aromatic N) is 4. The number of thiophene rings is 4. The van der Waals surface area contributed by atoms with Crippen LogP contribution in [0.4, 0.5) is 0 Å². The lowest BCUT2D eigenvalue weighted by molar-refractivity contribution is 0.667. The summed E-state index contributed by atoms with van der Waals surface area (Å²) in [7, 11) is 0. The van der Waals surface area contributed by atoms with Crippen molar-refractivity contribution in [1.29, 1.82) is 0 Å².